The summed E-state index contributed by atoms with van der Waals surface area (Å²) in [6.07, 6.45) is 3.81. The van der Waals surface area contributed by atoms with Gasteiger partial charge in [0.05, 0.1) is 10.8 Å². The van der Waals surface area contributed by atoms with Crippen molar-refractivity contribution in [2.45, 2.75) is 30.6 Å². The summed E-state index contributed by atoms with van der Waals surface area (Å²) in [5.74, 6) is 1.48. The number of thiazole rings is 1. The summed E-state index contributed by atoms with van der Waals surface area (Å²) < 4.78 is 7.87. The van der Waals surface area contributed by atoms with Crippen molar-refractivity contribution in [2.24, 2.45) is 0 Å². The highest BCUT2D eigenvalue weighted by Crippen LogP contribution is 2.39. The number of rotatable bonds is 8. The van der Waals surface area contributed by atoms with Crippen molar-refractivity contribution in [1.82, 2.24) is 19.7 Å². The minimum absolute atomic E-state index is 0.117. The molecule has 1 fully saturated rings. The summed E-state index contributed by atoms with van der Waals surface area (Å²) in [4.78, 5) is 16.1. The van der Waals surface area contributed by atoms with Crippen LogP contribution in [0.4, 0.5) is 5.13 Å². The number of benzene rings is 1. The second-order valence-corrected chi connectivity index (χ2v) is 8.14. The second-order valence-electron chi connectivity index (χ2n) is 5.89. The van der Waals surface area contributed by atoms with Gasteiger partial charge >= 0.3 is 0 Å². The van der Waals surface area contributed by atoms with E-state index in [1.165, 1.54) is 23.1 Å². The third-order valence-corrected chi connectivity index (χ3v) is 5.80. The van der Waals surface area contributed by atoms with Gasteiger partial charge in [0.25, 0.3) is 0 Å². The molecule has 0 saturated heterocycles. The van der Waals surface area contributed by atoms with Gasteiger partial charge in [-0.25, -0.2) is 4.98 Å². The lowest BCUT2D eigenvalue weighted by Crippen LogP contribution is -2.14. The fourth-order valence-electron chi connectivity index (χ4n) is 2.48. The Hall–Kier alpha value is -2.10. The van der Waals surface area contributed by atoms with E-state index < -0.39 is 0 Å². The maximum atomic E-state index is 12.1. The average Bonchev–Trinajstić information content (AvgIpc) is 3.21. The van der Waals surface area contributed by atoms with Crippen molar-refractivity contribution >= 4 is 45.7 Å². The molecule has 1 aliphatic rings. The quantitative estimate of drug-likeness (QED) is 0.553. The molecule has 0 aliphatic heterocycles. The van der Waals surface area contributed by atoms with Crippen LogP contribution in [0.3, 0.4) is 0 Å². The largest absolute Gasteiger partial charge is 0.484 e. The standard InChI is InChI=1S/C17H16ClN5O2S2/c18-12-3-1-2-4-13(12)25-9-14-21-22-17(23(14)11-5-6-11)27-10-15(24)20-16-19-7-8-26-16/h1-4,7-8,11H,5-6,9-10H2,(H,19,20,24). The molecule has 0 unspecified atom stereocenters. The predicted molar refractivity (Wildman–Crippen MR) is 106 cm³/mol. The van der Waals surface area contributed by atoms with Crippen molar-refractivity contribution in [2.75, 3.05) is 11.1 Å². The van der Waals surface area contributed by atoms with Crippen LogP contribution in [0, 0.1) is 0 Å². The molecule has 27 heavy (non-hydrogen) atoms. The molecular formula is C17H16ClN5O2S2. The molecule has 2 heterocycles. The maximum absolute atomic E-state index is 12.1. The molecular weight excluding hydrogens is 406 g/mol. The van der Waals surface area contributed by atoms with Crippen LogP contribution in [0.2, 0.25) is 5.02 Å². The molecule has 1 aliphatic carbocycles. The Bertz CT molecular complexity index is 927. The molecule has 0 spiro atoms. The molecule has 4 rings (SSSR count). The number of thioether (sulfide) groups is 1. The number of halogens is 1. The van der Waals surface area contributed by atoms with Gasteiger partial charge in [-0.3, -0.25) is 9.36 Å². The number of nitrogens with one attached hydrogen (secondary N) is 1. The summed E-state index contributed by atoms with van der Waals surface area (Å²) in [5, 5.41) is 15.0. The lowest BCUT2D eigenvalue weighted by atomic mass is 10.3. The van der Waals surface area contributed by atoms with Crippen molar-refractivity contribution in [1.29, 1.82) is 0 Å². The van der Waals surface area contributed by atoms with Gasteiger partial charge in [-0.1, -0.05) is 35.5 Å². The molecule has 0 bridgehead atoms. The normalized spacial score (nSPS) is 13.5. The van der Waals surface area contributed by atoms with E-state index in [9.17, 15) is 4.79 Å². The van der Waals surface area contributed by atoms with Crippen LogP contribution in [0.5, 0.6) is 5.75 Å². The summed E-state index contributed by atoms with van der Waals surface area (Å²) in [6, 6.07) is 7.70. The van der Waals surface area contributed by atoms with Gasteiger partial charge in [-0.05, 0) is 25.0 Å². The van der Waals surface area contributed by atoms with Crippen molar-refractivity contribution < 1.29 is 9.53 Å². The summed E-state index contributed by atoms with van der Waals surface area (Å²) in [7, 11) is 0. The number of aromatic nitrogens is 4. The number of carbonyl (C=O) groups is 1. The van der Waals surface area contributed by atoms with Gasteiger partial charge in [0, 0.05) is 17.6 Å². The van der Waals surface area contributed by atoms with Gasteiger partial charge in [0.1, 0.15) is 12.4 Å². The van der Waals surface area contributed by atoms with Crippen LogP contribution in [0.15, 0.2) is 41.0 Å². The third-order valence-electron chi connectivity index (χ3n) is 3.85. The van der Waals surface area contributed by atoms with Gasteiger partial charge in [0.2, 0.25) is 5.91 Å². The number of amides is 1. The van der Waals surface area contributed by atoms with E-state index in [0.717, 1.165) is 23.8 Å². The molecule has 0 radical (unpaired) electrons. The Morgan fingerprint density at radius 2 is 2.22 bits per heavy atom. The van der Waals surface area contributed by atoms with E-state index in [-0.39, 0.29) is 18.3 Å². The molecule has 1 aromatic carbocycles. The fourth-order valence-corrected chi connectivity index (χ4v) is 4.04. The monoisotopic (exact) mass is 421 g/mol. The lowest BCUT2D eigenvalue weighted by Gasteiger charge is -2.10. The van der Waals surface area contributed by atoms with Crippen LogP contribution >= 0.6 is 34.7 Å². The summed E-state index contributed by atoms with van der Waals surface area (Å²) in [5.41, 5.74) is 0. The zero-order valence-corrected chi connectivity index (χ0v) is 16.6. The van der Waals surface area contributed by atoms with E-state index in [4.69, 9.17) is 16.3 Å². The fraction of sp³-hybridized carbons (Fsp3) is 0.294. The van der Waals surface area contributed by atoms with E-state index in [2.05, 4.69) is 25.1 Å². The van der Waals surface area contributed by atoms with Gasteiger partial charge in [0.15, 0.2) is 16.1 Å². The first kappa shape index (κ1) is 18.3. The molecule has 1 N–H and O–H groups in total. The van der Waals surface area contributed by atoms with Crippen LogP contribution in [0.1, 0.15) is 24.7 Å². The Labute approximate surface area is 169 Å². The van der Waals surface area contributed by atoms with Gasteiger partial charge in [-0.15, -0.1) is 21.5 Å². The minimum Gasteiger partial charge on any atom is -0.484 e. The number of hydrogen-bond acceptors (Lipinski definition) is 7. The van der Waals surface area contributed by atoms with Crippen LogP contribution in [0.25, 0.3) is 0 Å². The van der Waals surface area contributed by atoms with Crippen molar-refractivity contribution in [3.05, 3.63) is 46.7 Å². The van der Waals surface area contributed by atoms with Crippen molar-refractivity contribution in [3.8, 4) is 5.75 Å². The van der Waals surface area contributed by atoms with Gasteiger partial charge < -0.3 is 10.1 Å². The van der Waals surface area contributed by atoms with E-state index in [0.29, 0.717) is 21.9 Å². The second kappa shape index (κ2) is 8.28. The number of para-hydroxylation sites is 1. The van der Waals surface area contributed by atoms with Crippen molar-refractivity contribution in [3.63, 3.8) is 0 Å². The van der Waals surface area contributed by atoms with Crippen LogP contribution in [-0.2, 0) is 11.4 Å². The molecule has 0 atom stereocenters. The number of carbonyl (C=O) groups excluding carboxylic acids is 1. The molecule has 3 aromatic rings. The SMILES string of the molecule is O=C(CSc1nnc(COc2ccccc2Cl)n1C1CC1)Nc1nccs1. The van der Waals surface area contributed by atoms with E-state index in [1.807, 2.05) is 23.6 Å². The average molecular weight is 422 g/mol. The zero-order valence-electron chi connectivity index (χ0n) is 14.2. The smallest absolute Gasteiger partial charge is 0.236 e. The molecule has 1 saturated carbocycles. The number of hydrogen-bond donors (Lipinski definition) is 1. The Kier molecular flexibility index (Phi) is 5.61. The van der Waals surface area contributed by atoms with E-state index in [1.54, 1.807) is 12.3 Å². The molecule has 2 aromatic heterocycles. The Morgan fingerprint density at radius 3 is 2.96 bits per heavy atom. The number of anilines is 1. The Morgan fingerprint density at radius 1 is 1.37 bits per heavy atom. The highest BCUT2D eigenvalue weighted by molar-refractivity contribution is 7.99. The minimum atomic E-state index is -0.117. The highest BCUT2D eigenvalue weighted by atomic mass is 35.5. The van der Waals surface area contributed by atoms with Gasteiger partial charge in [-0.2, -0.15) is 0 Å². The summed E-state index contributed by atoms with van der Waals surface area (Å²) in [6.45, 7) is 0.277. The molecule has 10 heteroatoms. The zero-order chi connectivity index (χ0) is 18.6. The van der Waals surface area contributed by atoms with Crippen LogP contribution in [-0.4, -0.2) is 31.4 Å². The molecule has 7 nitrogen and oxygen atoms in total. The summed E-state index contributed by atoms with van der Waals surface area (Å²) >= 11 is 8.88. The molecule has 1 amide bonds. The highest BCUT2D eigenvalue weighted by Gasteiger charge is 2.30. The Balaban J connectivity index is 1.40. The predicted octanol–water partition coefficient (Wildman–Crippen LogP) is 4.03. The number of ether oxygens (including phenoxy) is 1. The third kappa shape index (κ3) is 4.60. The van der Waals surface area contributed by atoms with Crippen LogP contribution < -0.4 is 10.1 Å². The van der Waals surface area contributed by atoms with E-state index >= 15 is 0 Å². The first-order chi connectivity index (χ1) is 13.2. The first-order valence-electron chi connectivity index (χ1n) is 8.34. The molecule has 140 valence electrons. The first-order valence-corrected chi connectivity index (χ1v) is 10.6. The lowest BCUT2D eigenvalue weighted by molar-refractivity contribution is -0.113. The number of nitrogens with zero attached hydrogens (tertiary/aromatic N) is 4. The topological polar surface area (TPSA) is 81.9 Å². The maximum Gasteiger partial charge on any atom is 0.236 e.